The first-order chi connectivity index (χ1) is 39.4. The highest BCUT2D eigenvalue weighted by Gasteiger charge is 2.72. The normalized spacial score (nSPS) is 52.0. The Morgan fingerprint density at radius 3 is 1.73 bits per heavy atom. The van der Waals surface area contributed by atoms with Gasteiger partial charge in [0.25, 0.3) is 0 Å². The first-order valence-corrected chi connectivity index (χ1v) is 30.1. The first-order valence-electron chi connectivity index (χ1n) is 30.1. The third-order valence-electron chi connectivity index (χ3n) is 22.0. The van der Waals surface area contributed by atoms with Crippen LogP contribution in [0.25, 0.3) is 0 Å². The predicted molar refractivity (Wildman–Crippen MR) is 286 cm³/mol. The molecular weight excluding hydrogens is 1110 g/mol. The molecule has 5 saturated heterocycles. The highest BCUT2D eigenvalue weighted by atomic mass is 16.8. The van der Waals surface area contributed by atoms with Crippen LogP contribution in [0.4, 0.5) is 0 Å². The number of ether oxygens (including phenoxy) is 10. The number of hydrogen-bond donors (Lipinski definition) is 15. The summed E-state index contributed by atoms with van der Waals surface area (Å²) < 4.78 is 60.6. The maximum atomic E-state index is 15.5. The van der Waals surface area contributed by atoms with Gasteiger partial charge in [0.1, 0.15) is 116 Å². The van der Waals surface area contributed by atoms with E-state index in [-0.39, 0.29) is 42.0 Å². The fourth-order valence-corrected chi connectivity index (χ4v) is 16.8. The van der Waals surface area contributed by atoms with E-state index in [1.165, 1.54) is 0 Å². The molecule has 32 unspecified atom stereocenters. The van der Waals surface area contributed by atoms with Crippen LogP contribution in [0.15, 0.2) is 11.6 Å². The third kappa shape index (κ3) is 11.9. The maximum absolute atomic E-state index is 15.5. The van der Waals surface area contributed by atoms with Gasteiger partial charge in [-0.15, -0.1) is 0 Å². The highest BCUT2D eigenvalue weighted by Crippen LogP contribution is 2.75. The second-order valence-corrected chi connectivity index (χ2v) is 27.5. The molecule has 9 rings (SSSR count). The van der Waals surface area contributed by atoms with Crippen LogP contribution in [-0.4, -0.2) is 268 Å². The van der Waals surface area contributed by atoms with E-state index in [0.717, 1.165) is 18.4 Å². The van der Waals surface area contributed by atoms with Crippen LogP contribution >= 0.6 is 0 Å². The Morgan fingerprint density at radius 1 is 0.571 bits per heavy atom. The van der Waals surface area contributed by atoms with Crippen molar-refractivity contribution in [2.24, 2.45) is 45.3 Å². The lowest BCUT2D eigenvalue weighted by Crippen LogP contribution is -2.67. The molecule has 9 aliphatic rings. The fraction of sp³-hybridized carbons (Fsp3) is 0.948. The monoisotopic (exact) mass is 1210 g/mol. The smallest absolute Gasteiger partial charge is 0.187 e. The van der Waals surface area contributed by atoms with Gasteiger partial charge >= 0.3 is 0 Å². The van der Waals surface area contributed by atoms with E-state index in [1.54, 1.807) is 0 Å². The summed E-state index contributed by atoms with van der Waals surface area (Å²) in [5, 5.41) is 161. The number of carbonyl (C=O) groups is 1. The van der Waals surface area contributed by atoms with Gasteiger partial charge in [0.05, 0.1) is 44.7 Å². The SMILES string of the molecule is CC(C)=CCCC(C)(OC1OC(COC2OC(CO)C(O)C2O)C(O)C(O)C1O)C1CCC2(C)C1C(=O)CC1C3(C)CCC(OC4OC(COC5OCC(O)C(O)C5O)C(O)C(O)C4OC4OC(CO)C(O)C(O)C4O)C(C)(C)C3CCC12C. The second-order valence-electron chi connectivity index (χ2n) is 27.5. The summed E-state index contributed by atoms with van der Waals surface area (Å²) in [5.74, 6) is -0.945. The number of hydrogen-bond acceptors (Lipinski definition) is 26. The minimum Gasteiger partial charge on any atom is -0.394 e. The molecule has 0 spiro atoms. The molecule has 32 atom stereocenters. The molecule has 26 nitrogen and oxygen atoms in total. The molecule has 84 heavy (non-hydrogen) atoms. The number of aliphatic hydroxyl groups excluding tert-OH is 15. The molecule has 0 aromatic heterocycles. The Hall–Kier alpha value is -1.59. The lowest BCUT2D eigenvalue weighted by atomic mass is 9.35. The average Bonchev–Trinajstić information content (AvgIpc) is 1.25. The number of carbonyl (C=O) groups excluding carboxylic acids is 1. The molecule has 5 aliphatic heterocycles. The lowest BCUT2D eigenvalue weighted by molar-refractivity contribution is -0.381. The van der Waals surface area contributed by atoms with Crippen molar-refractivity contribution in [2.75, 3.05) is 33.0 Å². The van der Waals surface area contributed by atoms with Gasteiger partial charge in [-0.1, -0.05) is 46.3 Å². The molecule has 15 N–H and O–H groups in total. The summed E-state index contributed by atoms with van der Waals surface area (Å²) in [6, 6.07) is 0. The van der Waals surface area contributed by atoms with E-state index in [0.29, 0.717) is 38.5 Å². The second kappa shape index (κ2) is 25.6. The van der Waals surface area contributed by atoms with Gasteiger partial charge in [-0.05, 0) is 112 Å². The topological polar surface area (TPSA) is 413 Å². The van der Waals surface area contributed by atoms with Gasteiger partial charge in [-0.3, -0.25) is 4.79 Å². The van der Waals surface area contributed by atoms with Crippen LogP contribution in [0.5, 0.6) is 0 Å². The van der Waals surface area contributed by atoms with E-state index in [1.807, 2.05) is 20.8 Å². The van der Waals surface area contributed by atoms with Crippen molar-refractivity contribution >= 4 is 5.78 Å². The van der Waals surface area contributed by atoms with Gasteiger partial charge in [0, 0.05) is 12.3 Å². The average molecular weight is 1210 g/mol. The number of rotatable bonds is 18. The summed E-state index contributed by atoms with van der Waals surface area (Å²) in [5.41, 5.74) is -2.11. The van der Waals surface area contributed by atoms with E-state index in [9.17, 15) is 76.6 Å². The van der Waals surface area contributed by atoms with Gasteiger partial charge in [0.2, 0.25) is 0 Å². The van der Waals surface area contributed by atoms with E-state index in [4.69, 9.17) is 47.4 Å². The Morgan fingerprint density at radius 2 is 1.10 bits per heavy atom. The third-order valence-corrected chi connectivity index (χ3v) is 22.0. The summed E-state index contributed by atoms with van der Waals surface area (Å²) in [7, 11) is 0. The summed E-state index contributed by atoms with van der Waals surface area (Å²) >= 11 is 0. The minimum atomic E-state index is -1.89. The van der Waals surface area contributed by atoms with E-state index < -0.39 is 202 Å². The largest absolute Gasteiger partial charge is 0.394 e. The summed E-state index contributed by atoms with van der Waals surface area (Å²) in [6.45, 7) is 14.1. The Bertz CT molecular complexity index is 2260. The van der Waals surface area contributed by atoms with Gasteiger partial charge in [0.15, 0.2) is 31.5 Å². The quantitative estimate of drug-likeness (QED) is 0.0484. The van der Waals surface area contributed by atoms with Gasteiger partial charge < -0.3 is 124 Å². The Balaban J connectivity index is 0.940. The highest BCUT2D eigenvalue weighted by molar-refractivity contribution is 5.84. The summed E-state index contributed by atoms with van der Waals surface area (Å²) in [4.78, 5) is 15.5. The number of Topliss-reactive ketones (excluding diaryl/α,β-unsaturated/α-hetero) is 1. The number of aliphatic hydroxyl groups is 15. The van der Waals surface area contributed by atoms with Crippen molar-refractivity contribution in [3.05, 3.63) is 11.6 Å². The van der Waals surface area contributed by atoms with E-state index >= 15 is 4.79 Å². The van der Waals surface area contributed by atoms with Crippen molar-refractivity contribution in [1.82, 2.24) is 0 Å². The van der Waals surface area contributed by atoms with Crippen LogP contribution in [-0.2, 0) is 52.2 Å². The molecule has 0 amide bonds. The molecule has 9 fully saturated rings. The van der Waals surface area contributed by atoms with Gasteiger partial charge in [-0.25, -0.2) is 0 Å². The predicted octanol–water partition coefficient (Wildman–Crippen LogP) is -2.89. The zero-order valence-corrected chi connectivity index (χ0v) is 49.3. The molecule has 0 aromatic carbocycles. The van der Waals surface area contributed by atoms with Gasteiger partial charge in [-0.2, -0.15) is 0 Å². The lowest BCUT2D eigenvalue weighted by Gasteiger charge is -2.69. The standard InChI is InChI=1S/C58H96O26/c1-24(2)10-9-14-58(8,84-52-47(74)42(69)39(66)30(80-52)23-77-50-45(72)38(65)29(20-60)78-50)25-11-16-57(7)35(25)26(61)18-33-55(5)15-13-34(54(3,4)32(55)12-17-56(33,57)6)82-53-48(83-51-46(73)41(68)37(64)28(19-59)79-51)43(70)40(67)31(81-53)22-76-49-44(71)36(63)27(62)21-75-49/h10,25,27-53,59-60,62-74H,9,11-23H2,1-8H3. The first kappa shape index (κ1) is 66.8. The van der Waals surface area contributed by atoms with Crippen LogP contribution in [0.3, 0.4) is 0 Å². The number of allylic oxidation sites excluding steroid dienone is 2. The van der Waals surface area contributed by atoms with Crippen LogP contribution in [0.1, 0.15) is 113 Å². The van der Waals surface area contributed by atoms with Crippen LogP contribution in [0, 0.1) is 45.3 Å². The van der Waals surface area contributed by atoms with E-state index in [2.05, 4.69) is 40.7 Å². The Kier molecular flexibility index (Phi) is 20.4. The van der Waals surface area contributed by atoms with Crippen molar-refractivity contribution < 1.29 is 129 Å². The molecule has 0 bridgehead atoms. The number of ketones is 1. The minimum absolute atomic E-state index is 0.0623. The molecule has 0 aromatic rings. The molecule has 26 heteroatoms. The van der Waals surface area contributed by atoms with Crippen LogP contribution in [0.2, 0.25) is 0 Å². The van der Waals surface area contributed by atoms with Crippen molar-refractivity contribution in [2.45, 2.75) is 266 Å². The van der Waals surface area contributed by atoms with Crippen molar-refractivity contribution in [1.29, 1.82) is 0 Å². The van der Waals surface area contributed by atoms with Crippen molar-refractivity contribution in [3.8, 4) is 0 Å². The van der Waals surface area contributed by atoms with Crippen molar-refractivity contribution in [3.63, 3.8) is 0 Å². The maximum Gasteiger partial charge on any atom is 0.187 e. The zero-order chi connectivity index (χ0) is 61.5. The molecule has 4 saturated carbocycles. The molecule has 0 radical (unpaired) electrons. The molecule has 484 valence electrons. The number of fused-ring (bicyclic) bond motifs is 5. The zero-order valence-electron chi connectivity index (χ0n) is 49.3. The molecule has 5 heterocycles. The fourth-order valence-electron chi connectivity index (χ4n) is 16.8. The Labute approximate surface area is 489 Å². The molecule has 4 aliphatic carbocycles. The van der Waals surface area contributed by atoms with Crippen LogP contribution < -0.4 is 0 Å². The summed E-state index contributed by atoms with van der Waals surface area (Å²) in [6.07, 6.45) is -29.9. The molecular formula is C58H96O26.